The largest absolute Gasteiger partial charge is 0.392 e. The molecule has 82 valence electrons. The number of piperidine rings is 1. The van der Waals surface area contributed by atoms with E-state index in [-0.39, 0.29) is 6.10 Å². The second-order valence-electron chi connectivity index (χ2n) is 4.91. The average Bonchev–Trinajstić information content (AvgIpc) is 2.52. The van der Waals surface area contributed by atoms with E-state index in [4.69, 9.17) is 5.73 Å². The number of aliphatic hydroxyl groups is 1. The summed E-state index contributed by atoms with van der Waals surface area (Å²) in [7, 11) is 0. The predicted molar refractivity (Wildman–Crippen MR) is 57.0 cm³/mol. The van der Waals surface area contributed by atoms with Crippen molar-refractivity contribution < 1.29 is 5.11 Å². The lowest BCUT2D eigenvalue weighted by atomic mass is 10.0. The highest BCUT2D eigenvalue weighted by molar-refractivity contribution is 4.84. The average molecular weight is 198 g/mol. The molecular formula is C11H22N2O. The van der Waals surface area contributed by atoms with Crippen LogP contribution in [0.3, 0.4) is 0 Å². The monoisotopic (exact) mass is 198 g/mol. The molecule has 0 radical (unpaired) electrons. The molecule has 1 saturated heterocycles. The van der Waals surface area contributed by atoms with Crippen LogP contribution in [-0.2, 0) is 0 Å². The third-order valence-corrected chi connectivity index (χ3v) is 3.69. The Morgan fingerprint density at radius 2 is 2.07 bits per heavy atom. The van der Waals surface area contributed by atoms with Crippen LogP contribution in [0.15, 0.2) is 0 Å². The minimum atomic E-state index is -0.0959. The van der Waals surface area contributed by atoms with Gasteiger partial charge in [0, 0.05) is 19.1 Å². The highest BCUT2D eigenvalue weighted by Gasteiger charge is 2.27. The molecule has 0 amide bonds. The third kappa shape index (κ3) is 2.47. The lowest BCUT2D eigenvalue weighted by Gasteiger charge is -2.32. The molecule has 1 heterocycles. The van der Waals surface area contributed by atoms with Crippen molar-refractivity contribution in [3.63, 3.8) is 0 Å². The van der Waals surface area contributed by atoms with Gasteiger partial charge in [-0.25, -0.2) is 0 Å². The molecule has 1 saturated carbocycles. The van der Waals surface area contributed by atoms with Crippen molar-refractivity contribution in [1.82, 2.24) is 4.90 Å². The number of β-amino-alcohol motifs (C(OH)–C–C–N with tert-alkyl or cyclic N) is 1. The molecule has 3 heteroatoms. The van der Waals surface area contributed by atoms with E-state index in [2.05, 4.69) is 4.90 Å². The summed E-state index contributed by atoms with van der Waals surface area (Å²) in [6, 6.07) is 0.411. The first kappa shape index (κ1) is 10.4. The van der Waals surface area contributed by atoms with Crippen LogP contribution in [0.5, 0.6) is 0 Å². The number of rotatable bonds is 2. The first-order valence-corrected chi connectivity index (χ1v) is 5.91. The Kier molecular flexibility index (Phi) is 3.42. The number of likely N-dealkylation sites (tertiary alicyclic amines) is 1. The standard InChI is InChI=1S/C11H22N2O/c12-11-5-1-3-9(11)7-13-6-2-4-10(14)8-13/h9-11,14H,1-8,12H2. The number of nitrogens with two attached hydrogens (primary N) is 1. The van der Waals surface area contributed by atoms with Crippen molar-refractivity contribution in [2.24, 2.45) is 11.7 Å². The first-order chi connectivity index (χ1) is 6.75. The molecule has 2 fully saturated rings. The van der Waals surface area contributed by atoms with Gasteiger partial charge >= 0.3 is 0 Å². The van der Waals surface area contributed by atoms with Crippen molar-refractivity contribution in [1.29, 1.82) is 0 Å². The molecule has 3 N–H and O–H groups in total. The van der Waals surface area contributed by atoms with Gasteiger partial charge in [0.05, 0.1) is 6.10 Å². The van der Waals surface area contributed by atoms with Gasteiger partial charge in [-0.05, 0) is 38.1 Å². The van der Waals surface area contributed by atoms with Gasteiger partial charge in [0.1, 0.15) is 0 Å². The van der Waals surface area contributed by atoms with Crippen LogP contribution >= 0.6 is 0 Å². The minimum absolute atomic E-state index is 0.0959. The number of aliphatic hydroxyl groups excluding tert-OH is 1. The van der Waals surface area contributed by atoms with Crippen LogP contribution in [0, 0.1) is 5.92 Å². The second kappa shape index (κ2) is 4.60. The summed E-state index contributed by atoms with van der Waals surface area (Å²) in [6.45, 7) is 3.13. The number of nitrogens with zero attached hydrogens (tertiary/aromatic N) is 1. The van der Waals surface area contributed by atoms with Gasteiger partial charge < -0.3 is 15.7 Å². The maximum Gasteiger partial charge on any atom is 0.0667 e. The Morgan fingerprint density at radius 1 is 1.21 bits per heavy atom. The Morgan fingerprint density at radius 3 is 2.71 bits per heavy atom. The van der Waals surface area contributed by atoms with E-state index < -0.39 is 0 Å². The molecule has 14 heavy (non-hydrogen) atoms. The molecule has 0 aromatic carbocycles. The molecule has 0 bridgehead atoms. The van der Waals surface area contributed by atoms with Crippen molar-refractivity contribution in [3.05, 3.63) is 0 Å². The van der Waals surface area contributed by atoms with Crippen LogP contribution in [0.2, 0.25) is 0 Å². The smallest absolute Gasteiger partial charge is 0.0667 e. The molecule has 0 aromatic rings. The van der Waals surface area contributed by atoms with Gasteiger partial charge in [-0.2, -0.15) is 0 Å². The summed E-state index contributed by atoms with van der Waals surface area (Å²) in [5.41, 5.74) is 6.04. The fourth-order valence-corrected chi connectivity index (χ4v) is 2.82. The van der Waals surface area contributed by atoms with E-state index in [9.17, 15) is 5.11 Å². The lowest BCUT2D eigenvalue weighted by Crippen LogP contribution is -2.43. The zero-order valence-electron chi connectivity index (χ0n) is 8.86. The summed E-state index contributed by atoms with van der Waals surface area (Å²) in [5.74, 6) is 0.681. The van der Waals surface area contributed by atoms with Gasteiger partial charge in [-0.1, -0.05) is 6.42 Å². The molecular weight excluding hydrogens is 176 g/mol. The van der Waals surface area contributed by atoms with Crippen molar-refractivity contribution >= 4 is 0 Å². The predicted octanol–water partition coefficient (Wildman–Crippen LogP) is 0.570. The van der Waals surface area contributed by atoms with Crippen molar-refractivity contribution in [2.75, 3.05) is 19.6 Å². The van der Waals surface area contributed by atoms with Crippen LogP contribution in [0.25, 0.3) is 0 Å². The summed E-state index contributed by atoms with van der Waals surface area (Å²) in [5, 5.41) is 9.55. The van der Waals surface area contributed by atoms with Gasteiger partial charge in [0.2, 0.25) is 0 Å². The van der Waals surface area contributed by atoms with E-state index in [0.29, 0.717) is 12.0 Å². The van der Waals surface area contributed by atoms with Gasteiger partial charge in [0.15, 0.2) is 0 Å². The summed E-state index contributed by atoms with van der Waals surface area (Å²) >= 11 is 0. The second-order valence-corrected chi connectivity index (χ2v) is 4.91. The van der Waals surface area contributed by atoms with E-state index >= 15 is 0 Å². The fraction of sp³-hybridized carbons (Fsp3) is 1.00. The molecule has 3 unspecified atom stereocenters. The van der Waals surface area contributed by atoms with Gasteiger partial charge in [0.25, 0.3) is 0 Å². The fourth-order valence-electron chi connectivity index (χ4n) is 2.82. The van der Waals surface area contributed by atoms with E-state index in [0.717, 1.165) is 32.5 Å². The van der Waals surface area contributed by atoms with Crippen molar-refractivity contribution in [2.45, 2.75) is 44.2 Å². The molecule has 1 aliphatic carbocycles. The molecule has 3 atom stereocenters. The Hall–Kier alpha value is -0.120. The third-order valence-electron chi connectivity index (χ3n) is 3.69. The molecule has 3 nitrogen and oxygen atoms in total. The first-order valence-electron chi connectivity index (χ1n) is 5.91. The molecule has 0 spiro atoms. The van der Waals surface area contributed by atoms with Crippen LogP contribution in [0.1, 0.15) is 32.1 Å². The Labute approximate surface area is 86.3 Å². The molecule has 2 rings (SSSR count). The van der Waals surface area contributed by atoms with E-state index in [1.807, 2.05) is 0 Å². The zero-order valence-corrected chi connectivity index (χ0v) is 8.86. The summed E-state index contributed by atoms with van der Waals surface area (Å²) in [6.07, 6.45) is 5.80. The quantitative estimate of drug-likeness (QED) is 0.682. The van der Waals surface area contributed by atoms with E-state index in [1.54, 1.807) is 0 Å². The van der Waals surface area contributed by atoms with Crippen LogP contribution < -0.4 is 5.73 Å². The van der Waals surface area contributed by atoms with Crippen LogP contribution in [-0.4, -0.2) is 41.8 Å². The molecule has 2 aliphatic rings. The number of hydrogen-bond donors (Lipinski definition) is 2. The van der Waals surface area contributed by atoms with Gasteiger partial charge in [-0.3, -0.25) is 0 Å². The summed E-state index contributed by atoms with van der Waals surface area (Å²) in [4.78, 5) is 2.39. The Bertz CT molecular complexity index is 186. The molecule has 1 aliphatic heterocycles. The normalized spacial score (nSPS) is 40.3. The summed E-state index contributed by atoms with van der Waals surface area (Å²) < 4.78 is 0. The van der Waals surface area contributed by atoms with Crippen molar-refractivity contribution in [3.8, 4) is 0 Å². The highest BCUT2D eigenvalue weighted by atomic mass is 16.3. The van der Waals surface area contributed by atoms with Crippen LogP contribution in [0.4, 0.5) is 0 Å². The van der Waals surface area contributed by atoms with E-state index in [1.165, 1.54) is 19.3 Å². The topological polar surface area (TPSA) is 49.5 Å². The zero-order chi connectivity index (χ0) is 9.97. The van der Waals surface area contributed by atoms with Gasteiger partial charge in [-0.15, -0.1) is 0 Å². The highest BCUT2D eigenvalue weighted by Crippen LogP contribution is 2.25. The maximum absolute atomic E-state index is 9.55. The maximum atomic E-state index is 9.55. The molecule has 0 aromatic heterocycles. The SMILES string of the molecule is NC1CCCC1CN1CCCC(O)C1. The Balaban J connectivity index is 1.78. The minimum Gasteiger partial charge on any atom is -0.392 e. The lowest BCUT2D eigenvalue weighted by molar-refractivity contribution is 0.0612. The number of hydrogen-bond acceptors (Lipinski definition) is 3.